The number of methoxy groups -OCH3 is 1. The molecule has 1 aliphatic carbocycles. The van der Waals surface area contributed by atoms with Crippen LogP contribution in [0.5, 0.6) is 0 Å². The summed E-state index contributed by atoms with van der Waals surface area (Å²) >= 11 is 0. The second kappa shape index (κ2) is 5.83. The molecule has 0 saturated heterocycles. The molecule has 5 heteroatoms. The first-order valence-electron chi connectivity index (χ1n) is 6.80. The molecule has 0 saturated carbocycles. The van der Waals surface area contributed by atoms with Gasteiger partial charge in [-0.05, 0) is 41.9 Å². The molecule has 1 aromatic heterocycles. The average molecular weight is 284 g/mol. The lowest BCUT2D eigenvalue weighted by molar-refractivity contribution is 0.0926. The number of aliphatic imine (C=N–C) groups is 1. The van der Waals surface area contributed by atoms with Gasteiger partial charge in [-0.15, -0.1) is 0 Å². The zero-order valence-electron chi connectivity index (χ0n) is 11.7. The van der Waals surface area contributed by atoms with E-state index in [-0.39, 0.29) is 11.9 Å². The monoisotopic (exact) mass is 284 g/mol. The van der Waals surface area contributed by atoms with Crippen LogP contribution in [0.1, 0.15) is 17.0 Å². The van der Waals surface area contributed by atoms with Crippen LogP contribution in [0.4, 0.5) is 0 Å². The number of carbonyl (C=O) groups is 1. The molecular weight excluding hydrogens is 268 g/mol. The highest BCUT2D eigenvalue weighted by Gasteiger charge is 2.21. The van der Waals surface area contributed by atoms with Crippen molar-refractivity contribution in [1.82, 2.24) is 5.32 Å². The van der Waals surface area contributed by atoms with Gasteiger partial charge in [0.25, 0.3) is 5.91 Å². The predicted molar refractivity (Wildman–Crippen MR) is 79.2 cm³/mol. The zero-order chi connectivity index (χ0) is 14.7. The lowest BCUT2D eigenvalue weighted by Crippen LogP contribution is -2.24. The minimum atomic E-state index is -0.200. The van der Waals surface area contributed by atoms with Crippen LogP contribution in [0.25, 0.3) is 0 Å². The van der Waals surface area contributed by atoms with Crippen molar-refractivity contribution in [2.75, 3.05) is 13.7 Å². The number of nitrogens with one attached hydrogen (secondary N) is 1. The Labute approximate surface area is 122 Å². The van der Waals surface area contributed by atoms with E-state index >= 15 is 0 Å². The van der Waals surface area contributed by atoms with Crippen LogP contribution in [-0.4, -0.2) is 31.8 Å². The van der Waals surface area contributed by atoms with E-state index < -0.39 is 0 Å². The van der Waals surface area contributed by atoms with E-state index in [1.54, 1.807) is 19.2 Å². The minimum absolute atomic E-state index is 0.0830. The number of nitrogens with zero attached hydrogens (tertiary/aromatic N) is 1. The van der Waals surface area contributed by atoms with E-state index in [2.05, 4.69) is 10.3 Å². The Balaban J connectivity index is 1.60. The fraction of sp³-hybridized carbons (Fsp3) is 0.250. The van der Waals surface area contributed by atoms with Crippen molar-refractivity contribution in [2.24, 2.45) is 4.99 Å². The summed E-state index contributed by atoms with van der Waals surface area (Å²) in [6.07, 6.45) is 10.0. The minimum Gasteiger partial charge on any atom is -0.497 e. The van der Waals surface area contributed by atoms with Gasteiger partial charge in [-0.2, -0.15) is 0 Å². The molecule has 1 amide bonds. The van der Waals surface area contributed by atoms with Gasteiger partial charge < -0.3 is 14.5 Å². The number of allylic oxidation sites excluding steroid dienone is 1. The summed E-state index contributed by atoms with van der Waals surface area (Å²) in [6, 6.07) is 3.42. The van der Waals surface area contributed by atoms with Gasteiger partial charge in [-0.3, -0.25) is 9.79 Å². The molecule has 1 aliphatic heterocycles. The number of rotatable bonds is 5. The van der Waals surface area contributed by atoms with Gasteiger partial charge >= 0.3 is 0 Å². The summed E-state index contributed by atoms with van der Waals surface area (Å²) in [5, 5.41) is 2.83. The normalized spacial score (nSPS) is 19.5. The number of hydrogen-bond donors (Lipinski definition) is 1. The Morgan fingerprint density at radius 1 is 1.52 bits per heavy atom. The summed E-state index contributed by atoms with van der Waals surface area (Å²) in [5.74, 6) is 0.949. The second-order valence-corrected chi connectivity index (χ2v) is 4.80. The number of ether oxygens (including phenoxy) is 1. The lowest BCUT2D eigenvalue weighted by atomic mass is 9.97. The highest BCUT2D eigenvalue weighted by Crippen LogP contribution is 2.27. The SMILES string of the molecule is COC1=CC2=C(CCNC(=O)c3ccco3)C=NC2C=C1. The Hall–Kier alpha value is -2.56. The fourth-order valence-corrected chi connectivity index (χ4v) is 2.38. The first kappa shape index (κ1) is 13.4. The number of furan rings is 1. The Kier molecular flexibility index (Phi) is 3.73. The molecule has 0 fully saturated rings. The van der Waals surface area contributed by atoms with Crippen molar-refractivity contribution in [3.05, 3.63) is 59.3 Å². The smallest absolute Gasteiger partial charge is 0.286 e. The van der Waals surface area contributed by atoms with Gasteiger partial charge in [0.15, 0.2) is 5.76 Å². The van der Waals surface area contributed by atoms with Crippen LogP contribution in [0.3, 0.4) is 0 Å². The van der Waals surface area contributed by atoms with Crippen molar-refractivity contribution in [3.63, 3.8) is 0 Å². The van der Waals surface area contributed by atoms with E-state index in [1.807, 2.05) is 24.4 Å². The van der Waals surface area contributed by atoms with Gasteiger partial charge in [0.05, 0.1) is 19.4 Å². The third-order valence-electron chi connectivity index (χ3n) is 3.48. The molecule has 2 aliphatic rings. The molecule has 0 bridgehead atoms. The van der Waals surface area contributed by atoms with E-state index in [0.29, 0.717) is 12.3 Å². The first-order chi connectivity index (χ1) is 10.3. The summed E-state index contributed by atoms with van der Waals surface area (Å²) in [7, 11) is 1.65. The highest BCUT2D eigenvalue weighted by molar-refractivity contribution is 5.91. The standard InChI is InChI=1S/C16H16N2O3/c1-20-12-4-5-14-13(9-12)11(10-18-14)6-7-17-16(19)15-3-2-8-21-15/h2-5,8-10,14H,6-7H2,1H3,(H,17,19). The van der Waals surface area contributed by atoms with Crippen LogP contribution in [0, 0.1) is 0 Å². The number of amides is 1. The lowest BCUT2D eigenvalue weighted by Gasteiger charge is -2.13. The van der Waals surface area contributed by atoms with E-state index in [0.717, 1.165) is 23.3 Å². The summed E-state index contributed by atoms with van der Waals surface area (Å²) in [4.78, 5) is 16.2. The number of fused-ring (bicyclic) bond motifs is 1. The fourth-order valence-electron chi connectivity index (χ4n) is 2.38. The highest BCUT2D eigenvalue weighted by atomic mass is 16.5. The van der Waals surface area contributed by atoms with E-state index in [1.165, 1.54) is 6.26 Å². The Morgan fingerprint density at radius 3 is 3.19 bits per heavy atom. The zero-order valence-corrected chi connectivity index (χ0v) is 11.7. The molecule has 108 valence electrons. The van der Waals surface area contributed by atoms with Gasteiger partial charge in [0, 0.05) is 12.8 Å². The van der Waals surface area contributed by atoms with Crippen molar-refractivity contribution in [1.29, 1.82) is 0 Å². The first-order valence-corrected chi connectivity index (χ1v) is 6.80. The van der Waals surface area contributed by atoms with E-state index in [4.69, 9.17) is 9.15 Å². The Morgan fingerprint density at radius 2 is 2.43 bits per heavy atom. The van der Waals surface area contributed by atoms with Crippen molar-refractivity contribution >= 4 is 12.1 Å². The third kappa shape index (κ3) is 2.81. The molecule has 3 rings (SSSR count). The van der Waals surface area contributed by atoms with Crippen molar-refractivity contribution in [2.45, 2.75) is 12.5 Å². The maximum atomic E-state index is 11.8. The molecule has 1 N–H and O–H groups in total. The van der Waals surface area contributed by atoms with Crippen molar-refractivity contribution in [3.8, 4) is 0 Å². The summed E-state index contributed by atoms with van der Waals surface area (Å²) < 4.78 is 10.3. The summed E-state index contributed by atoms with van der Waals surface area (Å²) in [6.45, 7) is 0.539. The summed E-state index contributed by atoms with van der Waals surface area (Å²) in [5.41, 5.74) is 2.26. The van der Waals surface area contributed by atoms with Crippen molar-refractivity contribution < 1.29 is 13.9 Å². The van der Waals surface area contributed by atoms with Crippen LogP contribution in [0.2, 0.25) is 0 Å². The van der Waals surface area contributed by atoms with Crippen LogP contribution in [-0.2, 0) is 4.74 Å². The molecule has 0 aromatic carbocycles. The molecule has 0 spiro atoms. The molecule has 1 unspecified atom stereocenters. The average Bonchev–Trinajstić information content (AvgIpc) is 3.16. The van der Waals surface area contributed by atoms with Gasteiger partial charge in [0.1, 0.15) is 5.76 Å². The third-order valence-corrected chi connectivity index (χ3v) is 3.48. The largest absolute Gasteiger partial charge is 0.497 e. The van der Waals surface area contributed by atoms with Gasteiger partial charge in [0.2, 0.25) is 0 Å². The molecule has 2 heterocycles. The number of carbonyl (C=O) groups excluding carboxylic acids is 1. The molecule has 21 heavy (non-hydrogen) atoms. The molecular formula is C16H16N2O3. The van der Waals surface area contributed by atoms with Gasteiger partial charge in [-0.1, -0.05) is 6.08 Å². The predicted octanol–water partition coefficient (Wildman–Crippen LogP) is 2.25. The molecule has 0 radical (unpaired) electrons. The molecule has 5 nitrogen and oxygen atoms in total. The number of hydrogen-bond acceptors (Lipinski definition) is 4. The van der Waals surface area contributed by atoms with Crippen LogP contribution in [0.15, 0.2) is 62.9 Å². The van der Waals surface area contributed by atoms with Crippen LogP contribution >= 0.6 is 0 Å². The quantitative estimate of drug-likeness (QED) is 0.902. The maximum absolute atomic E-state index is 11.8. The molecule has 1 atom stereocenters. The van der Waals surface area contributed by atoms with Crippen LogP contribution < -0.4 is 5.32 Å². The topological polar surface area (TPSA) is 63.8 Å². The van der Waals surface area contributed by atoms with E-state index in [9.17, 15) is 4.79 Å². The maximum Gasteiger partial charge on any atom is 0.286 e. The van der Waals surface area contributed by atoms with Gasteiger partial charge in [-0.25, -0.2) is 0 Å². The Bertz CT molecular complexity index is 651. The molecule has 1 aromatic rings. The second-order valence-electron chi connectivity index (χ2n) is 4.80.